The van der Waals surface area contributed by atoms with Gasteiger partial charge in [-0.3, -0.25) is 0 Å². The second-order valence-corrected chi connectivity index (χ2v) is 5.83. The molecule has 76 valence electrons. The van der Waals surface area contributed by atoms with E-state index in [-0.39, 0.29) is 6.04 Å². The first-order chi connectivity index (χ1) is 6.68. The number of hydrogen-bond donors (Lipinski definition) is 1. The Balaban J connectivity index is 2.53. The van der Waals surface area contributed by atoms with Crippen molar-refractivity contribution < 1.29 is 0 Å². The van der Waals surface area contributed by atoms with Gasteiger partial charge >= 0.3 is 0 Å². The zero-order valence-corrected chi connectivity index (χ0v) is 10.8. The Labute approximate surface area is 102 Å². The second-order valence-electron chi connectivity index (χ2n) is 3.40. The fourth-order valence-corrected chi connectivity index (χ4v) is 3.72. The highest BCUT2D eigenvalue weighted by molar-refractivity contribution is 9.10. The van der Waals surface area contributed by atoms with Gasteiger partial charge in [0.25, 0.3) is 0 Å². The molecule has 1 atom stereocenters. The van der Waals surface area contributed by atoms with Gasteiger partial charge in [0.15, 0.2) is 0 Å². The van der Waals surface area contributed by atoms with Crippen molar-refractivity contribution >= 4 is 39.3 Å². The Morgan fingerprint density at radius 3 is 3.07 bits per heavy atom. The standard InChI is InChI=1S/C10H11BrClNS/c11-6-3-7-8(9(12)4-6)5-14-2-1-10(7)13/h3-4,10H,1-2,5,13H2/t10-/m0/s1. The minimum Gasteiger partial charge on any atom is -0.324 e. The Hall–Kier alpha value is 0.300. The largest absolute Gasteiger partial charge is 0.324 e. The lowest BCUT2D eigenvalue weighted by Crippen LogP contribution is -2.11. The van der Waals surface area contributed by atoms with Crippen molar-refractivity contribution in [3.63, 3.8) is 0 Å². The molecule has 0 aromatic heterocycles. The van der Waals surface area contributed by atoms with E-state index in [1.165, 1.54) is 11.1 Å². The van der Waals surface area contributed by atoms with E-state index >= 15 is 0 Å². The molecule has 0 unspecified atom stereocenters. The van der Waals surface area contributed by atoms with Gasteiger partial charge in [0.1, 0.15) is 0 Å². The summed E-state index contributed by atoms with van der Waals surface area (Å²) in [7, 11) is 0. The highest BCUT2D eigenvalue weighted by Gasteiger charge is 2.18. The fraction of sp³-hybridized carbons (Fsp3) is 0.400. The zero-order chi connectivity index (χ0) is 10.1. The van der Waals surface area contributed by atoms with Crippen molar-refractivity contribution in [2.75, 3.05) is 5.75 Å². The van der Waals surface area contributed by atoms with Gasteiger partial charge in [0.05, 0.1) is 0 Å². The second kappa shape index (κ2) is 4.44. The first kappa shape index (κ1) is 10.8. The molecule has 0 fully saturated rings. The van der Waals surface area contributed by atoms with Crippen LogP contribution < -0.4 is 5.73 Å². The summed E-state index contributed by atoms with van der Waals surface area (Å²) in [5.74, 6) is 2.10. The number of halogens is 2. The van der Waals surface area contributed by atoms with Crippen LogP contribution in [0.4, 0.5) is 0 Å². The van der Waals surface area contributed by atoms with E-state index in [0.717, 1.165) is 27.4 Å². The van der Waals surface area contributed by atoms with Crippen molar-refractivity contribution in [1.82, 2.24) is 0 Å². The number of thioether (sulfide) groups is 1. The van der Waals surface area contributed by atoms with Crippen molar-refractivity contribution in [2.24, 2.45) is 5.73 Å². The Morgan fingerprint density at radius 2 is 2.29 bits per heavy atom. The van der Waals surface area contributed by atoms with Crippen molar-refractivity contribution in [1.29, 1.82) is 0 Å². The summed E-state index contributed by atoms with van der Waals surface area (Å²) in [6, 6.07) is 4.17. The van der Waals surface area contributed by atoms with E-state index in [4.69, 9.17) is 17.3 Å². The summed E-state index contributed by atoms with van der Waals surface area (Å²) < 4.78 is 1.02. The highest BCUT2D eigenvalue weighted by atomic mass is 79.9. The lowest BCUT2D eigenvalue weighted by atomic mass is 10.0. The summed E-state index contributed by atoms with van der Waals surface area (Å²) >= 11 is 11.5. The van der Waals surface area contributed by atoms with Crippen molar-refractivity contribution in [2.45, 2.75) is 18.2 Å². The maximum atomic E-state index is 6.19. The van der Waals surface area contributed by atoms with E-state index < -0.39 is 0 Å². The van der Waals surface area contributed by atoms with Crippen LogP contribution in [0, 0.1) is 0 Å². The van der Waals surface area contributed by atoms with Gasteiger partial charge in [-0.05, 0) is 35.4 Å². The summed E-state index contributed by atoms with van der Waals surface area (Å²) in [6.45, 7) is 0. The van der Waals surface area contributed by atoms with Gasteiger partial charge in [0, 0.05) is 21.3 Å². The highest BCUT2D eigenvalue weighted by Crippen LogP contribution is 2.35. The maximum absolute atomic E-state index is 6.19. The average molecular weight is 293 g/mol. The third-order valence-corrected chi connectivity index (χ3v) is 4.23. The number of hydrogen-bond acceptors (Lipinski definition) is 2. The van der Waals surface area contributed by atoms with Crippen molar-refractivity contribution in [3.05, 3.63) is 32.8 Å². The maximum Gasteiger partial charge on any atom is 0.0460 e. The van der Waals surface area contributed by atoms with Gasteiger partial charge < -0.3 is 5.73 Å². The molecule has 2 rings (SSSR count). The fourth-order valence-electron chi connectivity index (χ4n) is 1.65. The van der Waals surface area contributed by atoms with E-state index in [1.54, 1.807) is 0 Å². The Bertz CT molecular complexity index is 356. The molecule has 0 aliphatic carbocycles. The zero-order valence-electron chi connectivity index (χ0n) is 7.59. The first-order valence-corrected chi connectivity index (χ1v) is 6.82. The molecule has 1 nitrogen and oxygen atoms in total. The third kappa shape index (κ3) is 2.11. The Kier molecular flexibility index (Phi) is 3.42. The molecular weight excluding hydrogens is 282 g/mol. The minimum atomic E-state index is 0.134. The molecule has 0 bridgehead atoms. The molecule has 1 aromatic rings. The van der Waals surface area contributed by atoms with Crippen LogP contribution in [0.2, 0.25) is 5.02 Å². The van der Waals surface area contributed by atoms with E-state index in [9.17, 15) is 0 Å². The van der Waals surface area contributed by atoms with Crippen LogP contribution in [0.3, 0.4) is 0 Å². The molecule has 0 amide bonds. The van der Waals surface area contributed by atoms with E-state index in [1.807, 2.05) is 17.8 Å². The van der Waals surface area contributed by atoms with Crippen LogP contribution in [0.5, 0.6) is 0 Å². The summed E-state index contributed by atoms with van der Waals surface area (Å²) in [5.41, 5.74) is 8.51. The quantitative estimate of drug-likeness (QED) is 0.788. The molecule has 0 spiro atoms. The van der Waals surface area contributed by atoms with Gasteiger partial charge in [-0.25, -0.2) is 0 Å². The van der Waals surface area contributed by atoms with Crippen LogP contribution in [0.15, 0.2) is 16.6 Å². The molecule has 1 heterocycles. The molecule has 14 heavy (non-hydrogen) atoms. The summed E-state index contributed by atoms with van der Waals surface area (Å²) in [5, 5.41) is 0.833. The first-order valence-electron chi connectivity index (χ1n) is 4.49. The van der Waals surface area contributed by atoms with E-state index in [0.29, 0.717) is 0 Å². The topological polar surface area (TPSA) is 26.0 Å². The number of rotatable bonds is 0. The van der Waals surface area contributed by atoms with Gasteiger partial charge in [-0.2, -0.15) is 11.8 Å². The molecule has 0 saturated heterocycles. The Morgan fingerprint density at radius 1 is 1.50 bits per heavy atom. The van der Waals surface area contributed by atoms with Crippen LogP contribution >= 0.6 is 39.3 Å². The monoisotopic (exact) mass is 291 g/mol. The van der Waals surface area contributed by atoms with E-state index in [2.05, 4.69) is 22.0 Å². The molecule has 1 aliphatic rings. The minimum absolute atomic E-state index is 0.134. The molecule has 0 radical (unpaired) electrons. The number of nitrogens with two attached hydrogens (primary N) is 1. The molecule has 1 aromatic carbocycles. The van der Waals surface area contributed by atoms with Crippen LogP contribution in [0.1, 0.15) is 23.6 Å². The predicted molar refractivity (Wildman–Crippen MR) is 66.9 cm³/mol. The van der Waals surface area contributed by atoms with Crippen LogP contribution in [0.25, 0.3) is 0 Å². The molecular formula is C10H11BrClNS. The third-order valence-electron chi connectivity index (χ3n) is 2.41. The molecule has 0 saturated carbocycles. The van der Waals surface area contributed by atoms with Crippen LogP contribution in [-0.4, -0.2) is 5.75 Å². The molecule has 1 aliphatic heterocycles. The normalized spacial score (nSPS) is 21.5. The van der Waals surface area contributed by atoms with Gasteiger partial charge in [-0.1, -0.05) is 27.5 Å². The lowest BCUT2D eigenvalue weighted by molar-refractivity contribution is 0.705. The number of benzene rings is 1. The predicted octanol–water partition coefficient (Wildman–Crippen LogP) is 3.74. The summed E-state index contributed by atoms with van der Waals surface area (Å²) in [6.07, 6.45) is 1.03. The average Bonchev–Trinajstić information content (AvgIpc) is 2.29. The SMILES string of the molecule is N[C@H]1CCSCc2c(Cl)cc(Br)cc21. The summed E-state index contributed by atoms with van der Waals surface area (Å²) in [4.78, 5) is 0. The lowest BCUT2D eigenvalue weighted by Gasteiger charge is -2.13. The smallest absolute Gasteiger partial charge is 0.0460 e. The van der Waals surface area contributed by atoms with Gasteiger partial charge in [0.2, 0.25) is 0 Å². The molecule has 2 N–H and O–H groups in total. The number of fused-ring (bicyclic) bond motifs is 1. The molecule has 4 heteroatoms. The van der Waals surface area contributed by atoms with Crippen molar-refractivity contribution in [3.8, 4) is 0 Å². The van der Waals surface area contributed by atoms with Crippen LogP contribution in [-0.2, 0) is 5.75 Å². The van der Waals surface area contributed by atoms with Gasteiger partial charge in [-0.15, -0.1) is 0 Å².